The van der Waals surface area contributed by atoms with Gasteiger partial charge >= 0.3 is 5.97 Å². The van der Waals surface area contributed by atoms with Gasteiger partial charge in [0.05, 0.1) is 17.1 Å². The molecular weight excluding hydrogens is 440 g/mol. The fourth-order valence-electron chi connectivity index (χ4n) is 3.14. The zero-order valence-electron chi connectivity index (χ0n) is 16.5. The highest BCUT2D eigenvalue weighted by Crippen LogP contribution is 2.35. The summed E-state index contributed by atoms with van der Waals surface area (Å²) in [6, 6.07) is 6.81. The Balaban J connectivity index is 1.48. The standard InChI is InChI=1S/C20H17ClN6O3S/c1-10-5-11(2)25-19-16(10)17(22)18(31-19)20(29)30-7-15(28)26-13-6-12(21)3-4-14(13)27-9-23-8-24-27/h3-6,8-9H,7,22H2,1-2H3,(H,26,28). The van der Waals surface area contributed by atoms with E-state index in [1.165, 1.54) is 17.3 Å². The molecule has 0 unspecified atom stereocenters. The van der Waals surface area contributed by atoms with E-state index in [0.717, 1.165) is 28.0 Å². The highest BCUT2D eigenvalue weighted by molar-refractivity contribution is 7.21. The number of hydrogen-bond acceptors (Lipinski definition) is 8. The molecule has 0 aliphatic heterocycles. The van der Waals surface area contributed by atoms with Crippen molar-refractivity contribution in [2.24, 2.45) is 0 Å². The van der Waals surface area contributed by atoms with E-state index in [1.807, 2.05) is 19.9 Å². The average Bonchev–Trinajstić information content (AvgIpc) is 3.34. The molecule has 0 aliphatic carbocycles. The van der Waals surface area contributed by atoms with Crippen LogP contribution >= 0.6 is 22.9 Å². The van der Waals surface area contributed by atoms with Gasteiger partial charge in [-0.05, 0) is 43.7 Å². The molecule has 4 rings (SSSR count). The summed E-state index contributed by atoms with van der Waals surface area (Å²) in [4.78, 5) is 34.2. The van der Waals surface area contributed by atoms with E-state index in [2.05, 4.69) is 20.4 Å². The maximum atomic E-state index is 12.6. The van der Waals surface area contributed by atoms with Crippen molar-refractivity contribution in [3.05, 3.63) is 58.1 Å². The van der Waals surface area contributed by atoms with E-state index in [9.17, 15) is 9.59 Å². The molecule has 3 aromatic heterocycles. The number of amides is 1. The summed E-state index contributed by atoms with van der Waals surface area (Å²) in [5.74, 6) is -1.22. The molecule has 1 amide bonds. The van der Waals surface area contributed by atoms with Crippen molar-refractivity contribution in [1.82, 2.24) is 19.7 Å². The van der Waals surface area contributed by atoms with E-state index in [0.29, 0.717) is 26.9 Å². The number of carbonyl (C=O) groups excluding carboxylic acids is 2. The Labute approximate surface area is 185 Å². The zero-order chi connectivity index (χ0) is 22.1. The van der Waals surface area contributed by atoms with Crippen molar-refractivity contribution >= 4 is 56.4 Å². The summed E-state index contributed by atoms with van der Waals surface area (Å²) in [7, 11) is 0. The molecule has 11 heteroatoms. The van der Waals surface area contributed by atoms with Crippen LogP contribution in [0.5, 0.6) is 0 Å². The number of nitrogens with two attached hydrogens (primary N) is 1. The van der Waals surface area contributed by atoms with Gasteiger partial charge < -0.3 is 15.8 Å². The highest BCUT2D eigenvalue weighted by Gasteiger charge is 2.21. The Morgan fingerprint density at radius 2 is 2.10 bits per heavy atom. The van der Waals surface area contributed by atoms with Crippen LogP contribution in [-0.4, -0.2) is 38.2 Å². The van der Waals surface area contributed by atoms with Crippen molar-refractivity contribution in [3.63, 3.8) is 0 Å². The Kier molecular flexibility index (Phi) is 5.57. The summed E-state index contributed by atoms with van der Waals surface area (Å²) in [6.45, 7) is 3.27. The van der Waals surface area contributed by atoms with Gasteiger partial charge in [-0.3, -0.25) is 4.79 Å². The van der Waals surface area contributed by atoms with E-state index in [4.69, 9.17) is 22.1 Å². The number of benzene rings is 1. The molecule has 0 radical (unpaired) electrons. The fraction of sp³-hybridized carbons (Fsp3) is 0.150. The monoisotopic (exact) mass is 456 g/mol. The topological polar surface area (TPSA) is 125 Å². The molecule has 0 fully saturated rings. The average molecular weight is 457 g/mol. The number of aryl methyl sites for hydroxylation is 2. The van der Waals surface area contributed by atoms with Crippen LogP contribution in [0.2, 0.25) is 5.02 Å². The second-order valence-electron chi connectivity index (χ2n) is 6.73. The molecule has 0 bridgehead atoms. The number of pyridine rings is 1. The maximum Gasteiger partial charge on any atom is 0.351 e. The first kappa shape index (κ1) is 20.8. The molecule has 31 heavy (non-hydrogen) atoms. The lowest BCUT2D eigenvalue weighted by Crippen LogP contribution is -2.21. The number of carbonyl (C=O) groups is 2. The largest absolute Gasteiger partial charge is 0.451 e. The van der Waals surface area contributed by atoms with Crippen LogP contribution < -0.4 is 11.1 Å². The van der Waals surface area contributed by atoms with Crippen molar-refractivity contribution in [1.29, 1.82) is 0 Å². The van der Waals surface area contributed by atoms with Crippen LogP contribution in [0.25, 0.3) is 15.9 Å². The number of nitrogens with one attached hydrogen (secondary N) is 1. The van der Waals surface area contributed by atoms with Crippen molar-refractivity contribution in [3.8, 4) is 5.69 Å². The molecular formula is C20H17ClN6O3S. The van der Waals surface area contributed by atoms with Crippen molar-refractivity contribution in [2.45, 2.75) is 13.8 Å². The van der Waals surface area contributed by atoms with Crippen LogP contribution in [0.4, 0.5) is 11.4 Å². The molecule has 0 aliphatic rings. The molecule has 0 saturated heterocycles. The number of ether oxygens (including phenoxy) is 1. The van der Waals surface area contributed by atoms with Crippen LogP contribution in [0.3, 0.4) is 0 Å². The predicted octanol–water partition coefficient (Wildman–Crippen LogP) is 3.52. The third-order valence-corrected chi connectivity index (χ3v) is 5.76. The number of fused-ring (bicyclic) bond motifs is 1. The maximum absolute atomic E-state index is 12.6. The summed E-state index contributed by atoms with van der Waals surface area (Å²) < 4.78 is 6.67. The Bertz CT molecular complexity index is 1300. The molecule has 9 nitrogen and oxygen atoms in total. The predicted molar refractivity (Wildman–Crippen MR) is 119 cm³/mol. The number of rotatable bonds is 5. The third kappa shape index (κ3) is 4.21. The first-order valence-corrected chi connectivity index (χ1v) is 10.3. The minimum absolute atomic E-state index is 0.218. The first-order chi connectivity index (χ1) is 14.8. The van der Waals surface area contributed by atoms with Gasteiger partial charge in [0.1, 0.15) is 22.4 Å². The Hall–Kier alpha value is -3.50. The van der Waals surface area contributed by atoms with Gasteiger partial charge in [0.2, 0.25) is 0 Å². The van der Waals surface area contributed by atoms with E-state index >= 15 is 0 Å². The van der Waals surface area contributed by atoms with Crippen molar-refractivity contribution < 1.29 is 14.3 Å². The molecule has 0 saturated carbocycles. The zero-order valence-corrected chi connectivity index (χ0v) is 18.1. The SMILES string of the molecule is Cc1cc(C)c2c(N)c(C(=O)OCC(=O)Nc3cc(Cl)ccc3-n3cncn3)sc2n1. The van der Waals surface area contributed by atoms with Crippen molar-refractivity contribution in [2.75, 3.05) is 17.7 Å². The van der Waals surface area contributed by atoms with E-state index in [1.54, 1.807) is 18.2 Å². The number of halogens is 1. The summed E-state index contributed by atoms with van der Waals surface area (Å²) >= 11 is 7.19. The van der Waals surface area contributed by atoms with Crippen LogP contribution in [0.15, 0.2) is 36.9 Å². The number of thiophene rings is 1. The second kappa shape index (κ2) is 8.32. The van der Waals surface area contributed by atoms with Gasteiger partial charge in [-0.1, -0.05) is 11.6 Å². The molecule has 1 aromatic carbocycles. The fourth-order valence-corrected chi connectivity index (χ4v) is 4.43. The summed E-state index contributed by atoms with van der Waals surface area (Å²) in [6.07, 6.45) is 2.86. The second-order valence-corrected chi connectivity index (χ2v) is 8.17. The molecule has 3 N–H and O–H groups in total. The van der Waals surface area contributed by atoms with E-state index in [-0.39, 0.29) is 4.88 Å². The molecule has 158 valence electrons. The minimum atomic E-state index is -0.685. The Morgan fingerprint density at radius 1 is 1.29 bits per heavy atom. The smallest absolute Gasteiger partial charge is 0.351 e. The van der Waals surface area contributed by atoms with Crippen LogP contribution in [0, 0.1) is 13.8 Å². The van der Waals surface area contributed by atoms with Gasteiger partial charge in [-0.15, -0.1) is 11.3 Å². The lowest BCUT2D eigenvalue weighted by molar-refractivity contribution is -0.119. The molecule has 4 aromatic rings. The quantitative estimate of drug-likeness (QED) is 0.440. The van der Waals surface area contributed by atoms with Gasteiger partial charge in [0.15, 0.2) is 6.61 Å². The third-order valence-electron chi connectivity index (χ3n) is 4.44. The highest BCUT2D eigenvalue weighted by atomic mass is 35.5. The van der Waals surface area contributed by atoms with E-state index < -0.39 is 18.5 Å². The first-order valence-electron chi connectivity index (χ1n) is 9.11. The summed E-state index contributed by atoms with van der Waals surface area (Å²) in [5, 5.41) is 7.87. The van der Waals surface area contributed by atoms with Gasteiger partial charge in [-0.25, -0.2) is 19.4 Å². The number of nitrogen functional groups attached to an aromatic ring is 1. The molecule has 0 atom stereocenters. The van der Waals surface area contributed by atoms with Gasteiger partial charge in [0.25, 0.3) is 5.91 Å². The number of nitrogens with zero attached hydrogens (tertiary/aromatic N) is 4. The normalized spacial score (nSPS) is 10.9. The molecule has 3 heterocycles. The number of anilines is 2. The summed E-state index contributed by atoms with van der Waals surface area (Å²) in [5.41, 5.74) is 9.17. The Morgan fingerprint density at radius 3 is 2.84 bits per heavy atom. The number of esters is 1. The number of hydrogen-bond donors (Lipinski definition) is 2. The van der Waals surface area contributed by atoms with Crippen LogP contribution in [-0.2, 0) is 9.53 Å². The van der Waals surface area contributed by atoms with Gasteiger partial charge in [0, 0.05) is 16.1 Å². The van der Waals surface area contributed by atoms with Crippen LogP contribution in [0.1, 0.15) is 20.9 Å². The number of aromatic nitrogens is 4. The molecule has 0 spiro atoms. The van der Waals surface area contributed by atoms with Gasteiger partial charge in [-0.2, -0.15) is 5.10 Å². The minimum Gasteiger partial charge on any atom is -0.451 e. The lowest BCUT2D eigenvalue weighted by atomic mass is 10.1. The lowest BCUT2D eigenvalue weighted by Gasteiger charge is -2.11.